The zero-order chi connectivity index (χ0) is 22.8. The topological polar surface area (TPSA) is 68.4 Å². The van der Waals surface area contributed by atoms with Gasteiger partial charge in [0.15, 0.2) is 0 Å². The van der Waals surface area contributed by atoms with Crippen LogP contribution in [0.4, 0.5) is 5.69 Å². The molecule has 174 valence electrons. The van der Waals surface area contributed by atoms with E-state index in [1.807, 2.05) is 29.3 Å². The Morgan fingerprint density at radius 2 is 1.72 bits per heavy atom. The van der Waals surface area contributed by atoms with Crippen LogP contribution in [0.5, 0.6) is 0 Å². The standard InChI is InChI=1S/C26H37N3O3/c1-2-3-4-5-6-7-8-9-10-17-25(30)28-20-13-19-27-18-12-16-24(27)26(28)22-14-11-15-23(21-22)29(31)32/h11-12,14-16,18,21,26H,2-10,13,17,19-20H2,1H3. The Balaban J connectivity index is 1.63. The van der Waals surface area contributed by atoms with E-state index in [4.69, 9.17) is 0 Å². The van der Waals surface area contributed by atoms with E-state index < -0.39 is 0 Å². The fourth-order valence-corrected chi connectivity index (χ4v) is 4.74. The number of benzene rings is 1. The van der Waals surface area contributed by atoms with E-state index in [0.29, 0.717) is 13.0 Å². The van der Waals surface area contributed by atoms with Crippen LogP contribution < -0.4 is 0 Å². The van der Waals surface area contributed by atoms with Crippen molar-refractivity contribution in [3.8, 4) is 0 Å². The molecule has 1 aliphatic heterocycles. The minimum absolute atomic E-state index is 0.0659. The number of hydrogen-bond acceptors (Lipinski definition) is 3. The molecule has 0 fully saturated rings. The van der Waals surface area contributed by atoms with Crippen LogP contribution in [0.2, 0.25) is 0 Å². The largest absolute Gasteiger partial charge is 0.349 e. The van der Waals surface area contributed by atoms with Crippen molar-refractivity contribution >= 4 is 11.6 Å². The number of non-ortho nitro benzene ring substituents is 1. The van der Waals surface area contributed by atoms with Gasteiger partial charge in [-0.1, -0.05) is 70.4 Å². The maximum Gasteiger partial charge on any atom is 0.269 e. The smallest absolute Gasteiger partial charge is 0.269 e. The summed E-state index contributed by atoms with van der Waals surface area (Å²) in [4.78, 5) is 26.2. The Morgan fingerprint density at radius 3 is 2.44 bits per heavy atom. The molecular weight excluding hydrogens is 402 g/mol. The van der Waals surface area contributed by atoms with Gasteiger partial charge in [0.05, 0.1) is 11.0 Å². The summed E-state index contributed by atoms with van der Waals surface area (Å²) in [5.74, 6) is 0.152. The molecule has 1 aromatic carbocycles. The molecule has 0 N–H and O–H groups in total. The predicted molar refractivity (Wildman–Crippen MR) is 128 cm³/mol. The van der Waals surface area contributed by atoms with Gasteiger partial charge in [-0.25, -0.2) is 0 Å². The molecule has 1 amide bonds. The maximum atomic E-state index is 13.3. The summed E-state index contributed by atoms with van der Waals surface area (Å²) in [7, 11) is 0. The highest BCUT2D eigenvalue weighted by Gasteiger charge is 2.31. The molecule has 1 atom stereocenters. The number of hydrogen-bond donors (Lipinski definition) is 0. The lowest BCUT2D eigenvalue weighted by atomic mass is 10.00. The van der Waals surface area contributed by atoms with Crippen molar-refractivity contribution in [3.05, 3.63) is 64.0 Å². The first-order valence-corrected chi connectivity index (χ1v) is 12.3. The van der Waals surface area contributed by atoms with E-state index in [0.717, 1.165) is 37.1 Å². The average molecular weight is 440 g/mol. The van der Waals surface area contributed by atoms with Gasteiger partial charge >= 0.3 is 0 Å². The van der Waals surface area contributed by atoms with Crippen molar-refractivity contribution in [1.82, 2.24) is 9.47 Å². The fourth-order valence-electron chi connectivity index (χ4n) is 4.74. The Labute approximate surface area is 191 Å². The Morgan fingerprint density at radius 1 is 1.00 bits per heavy atom. The van der Waals surface area contributed by atoms with Gasteiger partial charge in [-0.05, 0) is 30.5 Å². The zero-order valence-corrected chi connectivity index (χ0v) is 19.4. The normalized spacial score (nSPS) is 15.9. The van der Waals surface area contributed by atoms with Crippen molar-refractivity contribution in [3.63, 3.8) is 0 Å². The van der Waals surface area contributed by atoms with Gasteiger partial charge in [-0.15, -0.1) is 0 Å². The van der Waals surface area contributed by atoms with E-state index >= 15 is 0 Å². The second kappa shape index (κ2) is 12.4. The van der Waals surface area contributed by atoms with E-state index in [-0.39, 0.29) is 22.6 Å². The molecule has 0 aliphatic carbocycles. The number of amides is 1. The van der Waals surface area contributed by atoms with Crippen LogP contribution in [-0.4, -0.2) is 26.8 Å². The van der Waals surface area contributed by atoms with E-state index in [1.54, 1.807) is 12.1 Å². The first-order valence-electron chi connectivity index (χ1n) is 12.3. The summed E-state index contributed by atoms with van der Waals surface area (Å²) in [6.45, 7) is 3.77. The van der Waals surface area contributed by atoms with E-state index in [1.165, 1.54) is 51.0 Å². The van der Waals surface area contributed by atoms with Gasteiger partial charge in [-0.2, -0.15) is 0 Å². The molecule has 0 radical (unpaired) electrons. The SMILES string of the molecule is CCCCCCCCCCCC(=O)N1CCCn2cccc2C1c1cccc([N+](=O)[O-])c1. The third-order valence-electron chi connectivity index (χ3n) is 6.47. The van der Waals surface area contributed by atoms with Crippen molar-refractivity contribution in [1.29, 1.82) is 0 Å². The van der Waals surface area contributed by atoms with Crippen molar-refractivity contribution in [2.45, 2.75) is 90.1 Å². The number of carbonyl (C=O) groups excluding carboxylic acids is 1. The first kappa shape index (κ1) is 24.0. The summed E-state index contributed by atoms with van der Waals surface area (Å²) in [6.07, 6.45) is 14.5. The number of nitro groups is 1. The second-order valence-electron chi connectivity index (χ2n) is 8.90. The highest BCUT2D eigenvalue weighted by atomic mass is 16.6. The lowest BCUT2D eigenvalue weighted by Gasteiger charge is -2.31. The molecule has 1 unspecified atom stereocenters. The fraction of sp³-hybridized carbons (Fsp3) is 0.577. The Kier molecular flexibility index (Phi) is 9.32. The summed E-state index contributed by atoms with van der Waals surface area (Å²) >= 11 is 0. The molecule has 3 rings (SSSR count). The molecule has 0 saturated carbocycles. The molecule has 0 saturated heterocycles. The van der Waals surface area contributed by atoms with Crippen molar-refractivity contribution < 1.29 is 9.72 Å². The number of unbranched alkanes of at least 4 members (excludes halogenated alkanes) is 8. The van der Waals surface area contributed by atoms with Gasteiger partial charge in [0.2, 0.25) is 5.91 Å². The average Bonchev–Trinajstić information content (AvgIpc) is 3.17. The first-order chi connectivity index (χ1) is 15.6. The molecule has 0 bridgehead atoms. The number of fused-ring (bicyclic) bond motifs is 1. The van der Waals surface area contributed by atoms with Gasteiger partial charge in [0, 0.05) is 43.5 Å². The molecule has 0 spiro atoms. The monoisotopic (exact) mass is 439 g/mol. The lowest BCUT2D eigenvalue weighted by molar-refractivity contribution is -0.384. The molecule has 32 heavy (non-hydrogen) atoms. The van der Waals surface area contributed by atoms with Crippen molar-refractivity contribution in [2.75, 3.05) is 6.54 Å². The molecule has 1 aromatic heterocycles. The third-order valence-corrected chi connectivity index (χ3v) is 6.47. The number of rotatable bonds is 12. The summed E-state index contributed by atoms with van der Waals surface area (Å²) < 4.78 is 2.18. The molecular formula is C26H37N3O3. The summed E-state index contributed by atoms with van der Waals surface area (Å²) in [6, 6.07) is 10.5. The van der Waals surface area contributed by atoms with Crippen LogP contribution in [0.3, 0.4) is 0 Å². The lowest BCUT2D eigenvalue weighted by Crippen LogP contribution is -2.35. The van der Waals surface area contributed by atoms with Crippen LogP contribution in [0.25, 0.3) is 0 Å². The summed E-state index contributed by atoms with van der Waals surface area (Å²) in [5.41, 5.74) is 1.90. The highest BCUT2D eigenvalue weighted by Crippen LogP contribution is 2.34. The molecule has 6 nitrogen and oxygen atoms in total. The quantitative estimate of drug-likeness (QED) is 0.211. The Hall–Kier alpha value is -2.63. The van der Waals surface area contributed by atoms with Crippen LogP contribution >= 0.6 is 0 Å². The zero-order valence-electron chi connectivity index (χ0n) is 19.4. The van der Waals surface area contributed by atoms with Gasteiger partial charge < -0.3 is 9.47 Å². The van der Waals surface area contributed by atoms with E-state index in [9.17, 15) is 14.9 Å². The molecule has 1 aliphatic rings. The van der Waals surface area contributed by atoms with Crippen LogP contribution in [0.1, 0.15) is 94.9 Å². The number of carbonyl (C=O) groups is 1. The number of nitrogens with zero attached hydrogens (tertiary/aromatic N) is 3. The van der Waals surface area contributed by atoms with Crippen LogP contribution in [0.15, 0.2) is 42.6 Å². The number of aromatic nitrogens is 1. The van der Waals surface area contributed by atoms with Crippen LogP contribution in [-0.2, 0) is 11.3 Å². The van der Waals surface area contributed by atoms with Crippen molar-refractivity contribution in [2.24, 2.45) is 0 Å². The molecule has 2 aromatic rings. The van der Waals surface area contributed by atoms with Gasteiger partial charge in [0.25, 0.3) is 5.69 Å². The summed E-state index contributed by atoms with van der Waals surface area (Å²) in [5, 5.41) is 11.3. The maximum absolute atomic E-state index is 13.3. The molecule has 6 heteroatoms. The minimum Gasteiger partial charge on any atom is -0.349 e. The third kappa shape index (κ3) is 6.44. The minimum atomic E-state index is -0.367. The van der Waals surface area contributed by atoms with E-state index in [2.05, 4.69) is 11.5 Å². The Bertz CT molecular complexity index is 877. The number of aryl methyl sites for hydroxylation is 1. The number of nitro benzene ring substituents is 1. The highest BCUT2D eigenvalue weighted by molar-refractivity contribution is 5.77. The van der Waals surface area contributed by atoms with Gasteiger partial charge in [-0.3, -0.25) is 14.9 Å². The van der Waals surface area contributed by atoms with Gasteiger partial charge in [0.1, 0.15) is 0 Å². The predicted octanol–water partition coefficient (Wildman–Crippen LogP) is 6.64. The molecule has 2 heterocycles. The second-order valence-corrected chi connectivity index (χ2v) is 8.90. The van der Waals surface area contributed by atoms with Crippen LogP contribution in [0, 0.1) is 10.1 Å².